The lowest BCUT2D eigenvalue weighted by molar-refractivity contribution is -0.125. The molecule has 4 N–H and O–H groups in total. The molecule has 0 aromatic heterocycles. The molecule has 92 valence electrons. The number of hydrogen-bond acceptors (Lipinski definition) is 2. The van der Waals surface area contributed by atoms with Crippen molar-refractivity contribution in [2.45, 2.75) is 45.6 Å². The van der Waals surface area contributed by atoms with E-state index in [2.05, 4.69) is 10.6 Å². The van der Waals surface area contributed by atoms with Gasteiger partial charge in [-0.2, -0.15) is 0 Å². The molecule has 0 aromatic carbocycles. The Morgan fingerprint density at radius 2 is 2.00 bits per heavy atom. The highest BCUT2D eigenvalue weighted by atomic mass is 32.1. The molecule has 0 aromatic rings. The van der Waals surface area contributed by atoms with E-state index in [0.29, 0.717) is 17.7 Å². The molecule has 0 spiro atoms. The average molecular weight is 243 g/mol. The number of primary amides is 1. The third-order valence-electron chi connectivity index (χ3n) is 3.05. The molecule has 0 unspecified atom stereocenters. The summed E-state index contributed by atoms with van der Waals surface area (Å²) in [6.45, 7) is 4.09. The van der Waals surface area contributed by atoms with E-state index in [9.17, 15) is 4.79 Å². The van der Waals surface area contributed by atoms with E-state index >= 15 is 0 Å². The van der Waals surface area contributed by atoms with Gasteiger partial charge in [0.1, 0.15) is 0 Å². The fraction of sp³-hybridized carbons (Fsp3) is 0.818. The third kappa shape index (κ3) is 3.96. The van der Waals surface area contributed by atoms with Gasteiger partial charge in [-0.05, 0) is 38.9 Å². The number of nitrogens with one attached hydrogen (secondary N) is 2. The summed E-state index contributed by atoms with van der Waals surface area (Å²) in [6.07, 6.45) is 4.90. The third-order valence-corrected chi connectivity index (χ3v) is 3.31. The van der Waals surface area contributed by atoms with Crippen LogP contribution < -0.4 is 16.4 Å². The second kappa shape index (κ2) is 5.48. The molecule has 1 rings (SSSR count). The van der Waals surface area contributed by atoms with Crippen molar-refractivity contribution in [3.63, 3.8) is 0 Å². The topological polar surface area (TPSA) is 67.2 Å². The lowest BCUT2D eigenvalue weighted by Gasteiger charge is -2.23. The van der Waals surface area contributed by atoms with Gasteiger partial charge in [0.05, 0.1) is 5.41 Å². The van der Waals surface area contributed by atoms with Crippen LogP contribution in [0.4, 0.5) is 0 Å². The van der Waals surface area contributed by atoms with Gasteiger partial charge in [0.15, 0.2) is 5.11 Å². The van der Waals surface area contributed by atoms with Crippen LogP contribution in [0.25, 0.3) is 0 Å². The van der Waals surface area contributed by atoms with Crippen LogP contribution in [0.2, 0.25) is 0 Å². The van der Waals surface area contributed by atoms with Crippen molar-refractivity contribution in [3.8, 4) is 0 Å². The highest BCUT2D eigenvalue weighted by Gasteiger charge is 2.25. The van der Waals surface area contributed by atoms with Gasteiger partial charge in [-0.15, -0.1) is 0 Å². The minimum absolute atomic E-state index is 0.316. The first-order chi connectivity index (χ1) is 7.42. The molecule has 1 aliphatic rings. The van der Waals surface area contributed by atoms with E-state index in [4.69, 9.17) is 18.0 Å². The fourth-order valence-electron chi connectivity index (χ4n) is 1.69. The molecule has 0 aliphatic heterocycles. The summed E-state index contributed by atoms with van der Waals surface area (Å²) >= 11 is 5.17. The first-order valence-corrected chi connectivity index (χ1v) is 6.17. The molecule has 4 nitrogen and oxygen atoms in total. The average Bonchev–Trinajstić information content (AvgIpc) is 2.67. The Hall–Kier alpha value is -0.840. The van der Waals surface area contributed by atoms with Gasteiger partial charge in [-0.25, -0.2) is 0 Å². The van der Waals surface area contributed by atoms with Crippen molar-refractivity contribution in [2.75, 3.05) is 6.54 Å². The van der Waals surface area contributed by atoms with Gasteiger partial charge >= 0.3 is 0 Å². The number of amides is 1. The number of carbonyl (C=O) groups excluding carboxylic acids is 1. The van der Waals surface area contributed by atoms with Gasteiger partial charge in [-0.3, -0.25) is 4.79 Å². The number of hydrogen-bond donors (Lipinski definition) is 3. The number of nitrogens with two attached hydrogens (primary N) is 1. The van der Waals surface area contributed by atoms with Gasteiger partial charge in [0.2, 0.25) is 5.91 Å². The minimum atomic E-state index is -0.568. The summed E-state index contributed by atoms with van der Waals surface area (Å²) in [4.78, 5) is 11.1. The monoisotopic (exact) mass is 243 g/mol. The summed E-state index contributed by atoms with van der Waals surface area (Å²) < 4.78 is 0. The molecule has 1 fully saturated rings. The minimum Gasteiger partial charge on any atom is -0.369 e. The van der Waals surface area contributed by atoms with E-state index < -0.39 is 5.41 Å². The van der Waals surface area contributed by atoms with Crippen LogP contribution in [0.5, 0.6) is 0 Å². The Bertz CT molecular complexity index is 272. The quantitative estimate of drug-likeness (QED) is 0.642. The van der Waals surface area contributed by atoms with Gasteiger partial charge in [0, 0.05) is 12.6 Å². The molecular formula is C11H21N3OS. The van der Waals surface area contributed by atoms with Gasteiger partial charge in [0.25, 0.3) is 0 Å². The largest absolute Gasteiger partial charge is 0.369 e. The van der Waals surface area contributed by atoms with Crippen LogP contribution in [-0.4, -0.2) is 23.6 Å². The summed E-state index contributed by atoms with van der Waals surface area (Å²) in [5.74, 6) is -0.316. The number of rotatable bonds is 4. The first kappa shape index (κ1) is 13.2. The van der Waals surface area contributed by atoms with Crippen molar-refractivity contribution >= 4 is 23.2 Å². The van der Waals surface area contributed by atoms with Crippen molar-refractivity contribution in [2.24, 2.45) is 11.1 Å². The number of thiocarbonyl (C=S) groups is 1. The molecule has 1 aliphatic carbocycles. The van der Waals surface area contributed by atoms with Crippen LogP contribution >= 0.6 is 12.2 Å². The molecule has 0 saturated heterocycles. The first-order valence-electron chi connectivity index (χ1n) is 5.76. The number of carbonyl (C=O) groups is 1. The Labute approximate surface area is 102 Å². The van der Waals surface area contributed by atoms with E-state index in [1.165, 1.54) is 25.7 Å². The van der Waals surface area contributed by atoms with Crippen molar-refractivity contribution in [3.05, 3.63) is 0 Å². The van der Waals surface area contributed by atoms with Crippen LogP contribution in [0.15, 0.2) is 0 Å². The summed E-state index contributed by atoms with van der Waals surface area (Å²) in [5.41, 5.74) is 4.71. The maximum atomic E-state index is 11.1. The molecule has 1 saturated carbocycles. The zero-order chi connectivity index (χ0) is 12.2. The van der Waals surface area contributed by atoms with Gasteiger partial charge in [-0.1, -0.05) is 12.8 Å². The van der Waals surface area contributed by atoms with E-state index in [-0.39, 0.29) is 5.91 Å². The molecule has 0 atom stereocenters. The lowest BCUT2D eigenvalue weighted by atomic mass is 9.93. The maximum Gasteiger partial charge on any atom is 0.224 e. The van der Waals surface area contributed by atoms with Crippen LogP contribution in [-0.2, 0) is 4.79 Å². The standard InChI is InChI=1S/C11H21N3OS/c1-11(2,9(12)15)7-13-10(16)14-8-5-3-4-6-8/h8H,3-7H2,1-2H3,(H2,12,15)(H2,13,14,16). The zero-order valence-corrected chi connectivity index (χ0v) is 10.8. The normalized spacial score (nSPS) is 17.1. The second-order valence-electron chi connectivity index (χ2n) is 5.06. The zero-order valence-electron chi connectivity index (χ0n) is 10.0. The molecule has 0 bridgehead atoms. The molecule has 1 amide bonds. The summed E-state index contributed by atoms with van der Waals surface area (Å²) in [6, 6.07) is 0.497. The van der Waals surface area contributed by atoms with Crippen molar-refractivity contribution in [1.29, 1.82) is 0 Å². The summed E-state index contributed by atoms with van der Waals surface area (Å²) in [7, 11) is 0. The van der Waals surface area contributed by atoms with Crippen molar-refractivity contribution < 1.29 is 4.79 Å². The molecule has 0 radical (unpaired) electrons. The van der Waals surface area contributed by atoms with Gasteiger partial charge < -0.3 is 16.4 Å². The molecule has 0 heterocycles. The highest BCUT2D eigenvalue weighted by Crippen LogP contribution is 2.17. The smallest absolute Gasteiger partial charge is 0.224 e. The van der Waals surface area contributed by atoms with E-state index in [1.54, 1.807) is 13.8 Å². The Kier molecular flexibility index (Phi) is 4.53. The SMILES string of the molecule is CC(C)(CNC(=S)NC1CCCC1)C(N)=O. The predicted octanol–water partition coefficient (Wildman–Crippen LogP) is 0.905. The van der Waals surface area contributed by atoms with Crippen LogP contribution in [0, 0.1) is 5.41 Å². The van der Waals surface area contributed by atoms with E-state index in [1.807, 2.05) is 0 Å². The Morgan fingerprint density at radius 1 is 1.44 bits per heavy atom. The lowest BCUT2D eigenvalue weighted by Crippen LogP contribution is -2.47. The Morgan fingerprint density at radius 3 is 2.50 bits per heavy atom. The van der Waals surface area contributed by atoms with E-state index in [0.717, 1.165) is 0 Å². The predicted molar refractivity (Wildman–Crippen MR) is 69.0 cm³/mol. The fourth-order valence-corrected chi connectivity index (χ4v) is 1.93. The van der Waals surface area contributed by atoms with Crippen LogP contribution in [0.3, 0.4) is 0 Å². The second-order valence-corrected chi connectivity index (χ2v) is 5.46. The summed E-state index contributed by atoms with van der Waals surface area (Å²) in [5, 5.41) is 6.94. The highest BCUT2D eigenvalue weighted by molar-refractivity contribution is 7.80. The maximum absolute atomic E-state index is 11.1. The molecule has 5 heteroatoms. The molecule has 16 heavy (non-hydrogen) atoms. The van der Waals surface area contributed by atoms with Crippen LogP contribution in [0.1, 0.15) is 39.5 Å². The van der Waals surface area contributed by atoms with Crippen molar-refractivity contribution in [1.82, 2.24) is 10.6 Å². The Balaban J connectivity index is 2.26. The molecular weight excluding hydrogens is 222 g/mol.